The smallest absolute Gasteiger partial charge is 0.462 e. The zero-order valence-corrected chi connectivity index (χ0v) is 63.9. The molecular weight excluding hydrogens is 1250 g/mol. The van der Waals surface area contributed by atoms with Crippen molar-refractivity contribution in [2.24, 2.45) is 17.8 Å². The van der Waals surface area contributed by atoms with Crippen molar-refractivity contribution in [1.29, 1.82) is 0 Å². The highest BCUT2D eigenvalue weighted by Crippen LogP contribution is 2.45. The number of carbonyl (C=O) groups excluding carboxylic acids is 4. The maximum absolute atomic E-state index is 13.1. The van der Waals surface area contributed by atoms with Crippen molar-refractivity contribution < 1.29 is 80.2 Å². The van der Waals surface area contributed by atoms with E-state index in [0.717, 1.165) is 114 Å². The SMILES string of the molecule is CCCCCCCCCCCCCCCCCCCCCCCC(=O)O[C@H](COC(=O)CCCCCCCCCCC(C)CC)COP(=O)(O)OC[C@@H](O)COP(=O)(O)OC[C@@H](COC(=O)CCCCCCCCC(C)CC)OC(=O)CCCCCCCCCCC(C)CC. The van der Waals surface area contributed by atoms with Gasteiger partial charge in [-0.2, -0.15) is 0 Å². The van der Waals surface area contributed by atoms with Gasteiger partial charge in [0.1, 0.15) is 19.3 Å². The van der Waals surface area contributed by atoms with Gasteiger partial charge in [-0.15, -0.1) is 0 Å². The van der Waals surface area contributed by atoms with Gasteiger partial charge < -0.3 is 33.8 Å². The van der Waals surface area contributed by atoms with Gasteiger partial charge in [-0.3, -0.25) is 37.3 Å². The number of rotatable bonds is 74. The molecule has 17 nitrogen and oxygen atoms in total. The fourth-order valence-corrected chi connectivity index (χ4v) is 13.1. The van der Waals surface area contributed by atoms with Crippen LogP contribution < -0.4 is 0 Å². The summed E-state index contributed by atoms with van der Waals surface area (Å²) in [5.74, 6) is 0.155. The summed E-state index contributed by atoms with van der Waals surface area (Å²) in [6.07, 6.45) is 52.8. The molecule has 5 unspecified atom stereocenters. The fraction of sp³-hybridized carbons (Fsp3) is 0.947. The first kappa shape index (κ1) is 93.1. The summed E-state index contributed by atoms with van der Waals surface area (Å²) in [5, 5.41) is 10.6. The number of aliphatic hydroxyl groups excluding tert-OH is 1. The van der Waals surface area contributed by atoms with Gasteiger partial charge in [-0.25, -0.2) is 9.13 Å². The van der Waals surface area contributed by atoms with Crippen LogP contribution in [0, 0.1) is 17.8 Å². The molecule has 0 amide bonds. The lowest BCUT2D eigenvalue weighted by Crippen LogP contribution is -2.30. The van der Waals surface area contributed by atoms with E-state index < -0.39 is 97.5 Å². The molecule has 0 aromatic rings. The number of esters is 4. The summed E-state index contributed by atoms with van der Waals surface area (Å²) in [7, 11) is -9.91. The van der Waals surface area contributed by atoms with Gasteiger partial charge in [0.15, 0.2) is 12.2 Å². The molecule has 0 spiro atoms. The number of carbonyl (C=O) groups is 4. The number of ether oxygens (including phenoxy) is 4. The van der Waals surface area contributed by atoms with Crippen LogP contribution in [0.1, 0.15) is 389 Å². The summed E-state index contributed by atoms with van der Waals surface area (Å²) in [6, 6.07) is 0. The van der Waals surface area contributed by atoms with Gasteiger partial charge in [0.2, 0.25) is 0 Å². The average molecular weight is 1400 g/mol. The molecule has 95 heavy (non-hydrogen) atoms. The quantitative estimate of drug-likeness (QED) is 0.0222. The minimum atomic E-state index is -4.96. The standard InChI is InChI=1S/C76H148O17P2/c1-8-12-13-14-15-16-17-18-19-20-21-22-23-24-25-26-27-28-36-45-52-59-75(80)92-71(63-86-73(78)57-50-43-35-31-29-33-40-47-54-67(5)9-2)65-90-94(82,83)88-61-70(77)62-89-95(84,85)91-66-72(64-87-74(79)58-51-44-39-38-42-49-56-69(7)11-4)93-76(81)60-53-46-37-32-30-34-41-48-55-68(6)10-3/h67-72,77H,8-66H2,1-7H3,(H,82,83)(H,84,85)/t67?,68?,69?,70-,71-,72-/m1/s1. The average Bonchev–Trinajstić information content (AvgIpc) is 2.13. The second-order valence-corrected chi connectivity index (χ2v) is 31.0. The number of hydrogen-bond acceptors (Lipinski definition) is 15. The van der Waals surface area contributed by atoms with Crippen LogP contribution >= 0.6 is 15.6 Å². The van der Waals surface area contributed by atoms with E-state index in [-0.39, 0.29) is 25.7 Å². The molecule has 0 saturated carbocycles. The molecule has 19 heteroatoms. The van der Waals surface area contributed by atoms with Crippen LogP contribution in [0.3, 0.4) is 0 Å². The summed E-state index contributed by atoms with van der Waals surface area (Å²) >= 11 is 0. The van der Waals surface area contributed by atoms with E-state index >= 15 is 0 Å². The van der Waals surface area contributed by atoms with Crippen LogP contribution in [0.4, 0.5) is 0 Å². The molecule has 0 radical (unpaired) electrons. The highest BCUT2D eigenvalue weighted by Gasteiger charge is 2.30. The van der Waals surface area contributed by atoms with E-state index in [1.54, 1.807) is 0 Å². The maximum Gasteiger partial charge on any atom is 0.472 e. The van der Waals surface area contributed by atoms with Crippen molar-refractivity contribution >= 4 is 39.5 Å². The Morgan fingerprint density at radius 2 is 0.505 bits per heavy atom. The minimum absolute atomic E-state index is 0.104. The van der Waals surface area contributed by atoms with Crippen LogP contribution in [0.2, 0.25) is 0 Å². The van der Waals surface area contributed by atoms with Crippen molar-refractivity contribution in [2.75, 3.05) is 39.6 Å². The molecule has 0 aliphatic rings. The first-order valence-corrected chi connectivity index (χ1v) is 42.5. The number of phosphoric ester groups is 2. The predicted octanol–water partition coefficient (Wildman–Crippen LogP) is 22.2. The highest BCUT2D eigenvalue weighted by molar-refractivity contribution is 7.47. The van der Waals surface area contributed by atoms with Crippen LogP contribution in [-0.4, -0.2) is 96.7 Å². The molecular formula is C76H148O17P2. The largest absolute Gasteiger partial charge is 0.472 e. The fourth-order valence-electron chi connectivity index (χ4n) is 11.5. The number of unbranched alkanes of at least 4 members (excludes halogenated alkanes) is 39. The van der Waals surface area contributed by atoms with Crippen molar-refractivity contribution in [3.63, 3.8) is 0 Å². The van der Waals surface area contributed by atoms with Crippen molar-refractivity contribution in [3.05, 3.63) is 0 Å². The van der Waals surface area contributed by atoms with Crippen LogP contribution in [0.5, 0.6) is 0 Å². The Labute approximate surface area is 581 Å². The van der Waals surface area contributed by atoms with E-state index in [9.17, 15) is 43.2 Å². The molecule has 0 saturated heterocycles. The molecule has 0 aliphatic carbocycles. The van der Waals surface area contributed by atoms with Crippen molar-refractivity contribution in [1.82, 2.24) is 0 Å². The second-order valence-electron chi connectivity index (χ2n) is 28.1. The Morgan fingerprint density at radius 3 is 0.747 bits per heavy atom. The van der Waals surface area contributed by atoms with Gasteiger partial charge in [0.05, 0.1) is 26.4 Å². The number of hydrogen-bond donors (Lipinski definition) is 3. The Hall–Kier alpha value is -1.94. The lowest BCUT2D eigenvalue weighted by Gasteiger charge is -2.21. The van der Waals surface area contributed by atoms with Gasteiger partial charge in [-0.1, -0.05) is 337 Å². The van der Waals surface area contributed by atoms with Gasteiger partial charge in [-0.05, 0) is 43.4 Å². The summed E-state index contributed by atoms with van der Waals surface area (Å²) < 4.78 is 68.5. The molecule has 0 rings (SSSR count). The molecule has 0 aromatic heterocycles. The normalized spacial score (nSPS) is 14.9. The van der Waals surface area contributed by atoms with E-state index in [2.05, 4.69) is 48.5 Å². The molecule has 3 N–H and O–H groups in total. The number of phosphoric acid groups is 2. The first-order valence-electron chi connectivity index (χ1n) is 39.5. The van der Waals surface area contributed by atoms with Gasteiger partial charge in [0, 0.05) is 25.7 Å². The minimum Gasteiger partial charge on any atom is -0.462 e. The third-order valence-electron chi connectivity index (χ3n) is 18.7. The first-order chi connectivity index (χ1) is 45.8. The lowest BCUT2D eigenvalue weighted by atomic mass is 9.99. The topological polar surface area (TPSA) is 237 Å². The highest BCUT2D eigenvalue weighted by atomic mass is 31.2. The molecule has 8 atom stereocenters. The van der Waals surface area contributed by atoms with E-state index in [4.69, 9.17) is 37.0 Å². The molecule has 564 valence electrons. The third-order valence-corrected chi connectivity index (χ3v) is 20.6. The zero-order valence-electron chi connectivity index (χ0n) is 62.1. The zero-order chi connectivity index (χ0) is 70.1. The summed E-state index contributed by atoms with van der Waals surface area (Å²) in [6.45, 7) is 11.8. The van der Waals surface area contributed by atoms with E-state index in [1.165, 1.54) is 193 Å². The Balaban J connectivity index is 5.21. The molecule has 0 bridgehead atoms. The summed E-state index contributed by atoms with van der Waals surface area (Å²) in [5.41, 5.74) is 0. The maximum atomic E-state index is 13.1. The van der Waals surface area contributed by atoms with Crippen LogP contribution in [-0.2, 0) is 65.4 Å². The van der Waals surface area contributed by atoms with Gasteiger partial charge >= 0.3 is 39.5 Å². The molecule has 0 aliphatic heterocycles. The van der Waals surface area contributed by atoms with Crippen LogP contribution in [0.15, 0.2) is 0 Å². The van der Waals surface area contributed by atoms with E-state index in [0.29, 0.717) is 25.7 Å². The molecule has 0 aromatic carbocycles. The van der Waals surface area contributed by atoms with Crippen molar-refractivity contribution in [2.45, 2.75) is 407 Å². The lowest BCUT2D eigenvalue weighted by molar-refractivity contribution is -0.161. The molecule has 0 fully saturated rings. The molecule has 0 heterocycles. The Bertz CT molecular complexity index is 1860. The third kappa shape index (κ3) is 66.4. The monoisotopic (exact) mass is 1400 g/mol. The van der Waals surface area contributed by atoms with E-state index in [1.807, 2.05) is 0 Å². The van der Waals surface area contributed by atoms with Crippen LogP contribution in [0.25, 0.3) is 0 Å². The Morgan fingerprint density at radius 1 is 0.295 bits per heavy atom. The second kappa shape index (κ2) is 66.6. The Kier molecular flexibility index (Phi) is 65.2. The van der Waals surface area contributed by atoms with Gasteiger partial charge in [0.25, 0.3) is 0 Å². The van der Waals surface area contributed by atoms with Crippen molar-refractivity contribution in [3.8, 4) is 0 Å². The summed E-state index contributed by atoms with van der Waals surface area (Å²) in [4.78, 5) is 72.8. The predicted molar refractivity (Wildman–Crippen MR) is 386 cm³/mol. The number of aliphatic hydroxyl groups is 1.